The summed E-state index contributed by atoms with van der Waals surface area (Å²) in [5.41, 5.74) is 4.43. The fourth-order valence-electron chi connectivity index (χ4n) is 1.84. The Balaban J connectivity index is 0.00000192. The second kappa shape index (κ2) is 7.69. The van der Waals surface area contributed by atoms with E-state index in [1.54, 1.807) is 18.2 Å². The van der Waals surface area contributed by atoms with Crippen molar-refractivity contribution in [3.05, 3.63) is 66.0 Å². The van der Waals surface area contributed by atoms with Crippen molar-refractivity contribution in [2.24, 2.45) is 0 Å². The summed E-state index contributed by atoms with van der Waals surface area (Å²) in [5.74, 6) is 0. The van der Waals surface area contributed by atoms with Crippen LogP contribution in [-0.2, 0) is 10.0 Å². The summed E-state index contributed by atoms with van der Waals surface area (Å²) >= 11 is 1.33. The van der Waals surface area contributed by atoms with Crippen molar-refractivity contribution in [2.75, 3.05) is 5.43 Å². The first kappa shape index (κ1) is 17.6. The van der Waals surface area contributed by atoms with E-state index in [2.05, 4.69) is 15.2 Å². The fraction of sp³-hybridized carbons (Fsp3) is 0. The van der Waals surface area contributed by atoms with Crippen molar-refractivity contribution in [1.82, 2.24) is 9.82 Å². The van der Waals surface area contributed by atoms with Crippen LogP contribution >= 0.6 is 28.3 Å². The number of thiazole rings is 1. The number of hydrogen-bond donors (Lipinski definition) is 2. The highest BCUT2D eigenvalue weighted by Gasteiger charge is 2.13. The molecule has 120 valence electrons. The molecule has 0 radical (unpaired) electrons. The Labute approximate surface area is 149 Å². The predicted molar refractivity (Wildman–Crippen MR) is 98.3 cm³/mol. The molecule has 0 saturated heterocycles. The Morgan fingerprint density at radius 2 is 1.52 bits per heavy atom. The second-order valence-corrected chi connectivity index (χ2v) is 6.99. The van der Waals surface area contributed by atoms with Crippen molar-refractivity contribution in [3.8, 4) is 11.3 Å². The van der Waals surface area contributed by atoms with Gasteiger partial charge in [0.2, 0.25) is 0 Å². The van der Waals surface area contributed by atoms with Crippen LogP contribution in [-0.4, -0.2) is 13.4 Å². The van der Waals surface area contributed by atoms with E-state index in [1.807, 2.05) is 35.7 Å². The van der Waals surface area contributed by atoms with E-state index in [9.17, 15) is 8.42 Å². The zero-order valence-electron chi connectivity index (χ0n) is 11.8. The molecular formula is C15H14BrN3O2S2. The first-order valence-electron chi connectivity index (χ1n) is 6.49. The summed E-state index contributed by atoms with van der Waals surface area (Å²) in [6.07, 6.45) is 0. The van der Waals surface area contributed by atoms with Crippen molar-refractivity contribution in [3.63, 3.8) is 0 Å². The van der Waals surface area contributed by atoms with Crippen molar-refractivity contribution >= 4 is 43.5 Å². The summed E-state index contributed by atoms with van der Waals surface area (Å²) in [6.45, 7) is 0. The molecule has 1 aromatic heterocycles. The van der Waals surface area contributed by atoms with Crippen LogP contribution in [0.2, 0.25) is 0 Å². The average molecular weight is 412 g/mol. The van der Waals surface area contributed by atoms with Gasteiger partial charge in [0.15, 0.2) is 5.13 Å². The van der Waals surface area contributed by atoms with Gasteiger partial charge in [0.25, 0.3) is 10.0 Å². The highest BCUT2D eigenvalue weighted by atomic mass is 79.9. The van der Waals surface area contributed by atoms with Crippen molar-refractivity contribution < 1.29 is 8.42 Å². The number of aromatic nitrogens is 1. The second-order valence-electron chi connectivity index (χ2n) is 4.45. The SMILES string of the molecule is Br.O=S(=O)(NNc1nc(-c2ccccc2)cs1)c1ccccc1. The largest absolute Gasteiger partial charge is 0.283 e. The van der Waals surface area contributed by atoms with Gasteiger partial charge in [-0.2, -0.15) is 0 Å². The molecule has 3 rings (SSSR count). The maximum Gasteiger partial charge on any atom is 0.257 e. The maximum absolute atomic E-state index is 12.1. The Morgan fingerprint density at radius 1 is 0.913 bits per heavy atom. The van der Waals surface area contributed by atoms with E-state index in [0.717, 1.165) is 11.3 Å². The molecule has 0 bridgehead atoms. The van der Waals surface area contributed by atoms with Crippen LogP contribution in [0.3, 0.4) is 0 Å². The van der Waals surface area contributed by atoms with Gasteiger partial charge >= 0.3 is 0 Å². The number of hydrogen-bond acceptors (Lipinski definition) is 5. The van der Waals surface area contributed by atoms with E-state index < -0.39 is 10.0 Å². The van der Waals surface area contributed by atoms with Gasteiger partial charge in [-0.05, 0) is 12.1 Å². The van der Waals surface area contributed by atoms with Crippen LogP contribution < -0.4 is 10.3 Å². The average Bonchev–Trinajstić information content (AvgIpc) is 3.04. The van der Waals surface area contributed by atoms with Crippen LogP contribution in [0.25, 0.3) is 11.3 Å². The molecule has 23 heavy (non-hydrogen) atoms. The first-order chi connectivity index (χ1) is 10.6. The van der Waals surface area contributed by atoms with Gasteiger partial charge in [0, 0.05) is 10.9 Å². The predicted octanol–water partition coefficient (Wildman–Crippen LogP) is 3.69. The highest BCUT2D eigenvalue weighted by Crippen LogP contribution is 2.24. The Morgan fingerprint density at radius 3 is 2.17 bits per heavy atom. The van der Waals surface area contributed by atoms with Gasteiger partial charge in [-0.1, -0.05) is 48.5 Å². The third kappa shape index (κ3) is 4.38. The Hall–Kier alpha value is -1.74. The van der Waals surface area contributed by atoms with Gasteiger partial charge < -0.3 is 0 Å². The zero-order valence-corrected chi connectivity index (χ0v) is 15.2. The minimum absolute atomic E-state index is 0. The standard InChI is InChI=1S/C15H13N3O2S2.BrH/c19-22(20,13-9-5-2-6-10-13)18-17-15-16-14(11-21-15)12-7-3-1-4-8-12;/h1-11,18H,(H,16,17);1H. The molecule has 0 atom stereocenters. The summed E-state index contributed by atoms with van der Waals surface area (Å²) < 4.78 is 24.2. The molecule has 0 unspecified atom stereocenters. The van der Waals surface area contributed by atoms with E-state index in [1.165, 1.54) is 23.5 Å². The normalized spacial score (nSPS) is 10.8. The molecule has 0 spiro atoms. The minimum atomic E-state index is -3.61. The molecule has 0 fully saturated rings. The monoisotopic (exact) mass is 411 g/mol. The lowest BCUT2D eigenvalue weighted by molar-refractivity contribution is 0.587. The molecule has 0 aliphatic rings. The number of anilines is 1. The molecule has 8 heteroatoms. The third-order valence-corrected chi connectivity index (χ3v) is 4.94. The minimum Gasteiger partial charge on any atom is -0.283 e. The lowest BCUT2D eigenvalue weighted by Gasteiger charge is -2.06. The number of benzene rings is 2. The number of hydrazine groups is 1. The molecular weight excluding hydrogens is 398 g/mol. The molecule has 3 aromatic rings. The third-order valence-electron chi connectivity index (χ3n) is 2.92. The summed E-state index contributed by atoms with van der Waals surface area (Å²) in [4.78, 5) is 6.88. The number of rotatable bonds is 5. The molecule has 2 N–H and O–H groups in total. The molecule has 0 aliphatic heterocycles. The van der Waals surface area contributed by atoms with Crippen molar-refractivity contribution in [2.45, 2.75) is 4.90 Å². The van der Waals surface area contributed by atoms with Crippen LogP contribution in [0, 0.1) is 0 Å². The summed E-state index contributed by atoms with van der Waals surface area (Å²) in [5, 5.41) is 2.35. The fourth-order valence-corrected chi connectivity index (χ4v) is 3.44. The molecule has 2 aromatic carbocycles. The first-order valence-corrected chi connectivity index (χ1v) is 8.85. The smallest absolute Gasteiger partial charge is 0.257 e. The van der Waals surface area contributed by atoms with Crippen LogP contribution in [0.1, 0.15) is 0 Å². The Bertz CT molecular complexity index is 853. The number of nitrogens with one attached hydrogen (secondary N) is 2. The highest BCUT2D eigenvalue weighted by molar-refractivity contribution is 8.93. The molecule has 0 amide bonds. The van der Waals surface area contributed by atoms with E-state index in [4.69, 9.17) is 0 Å². The van der Waals surface area contributed by atoms with E-state index >= 15 is 0 Å². The van der Waals surface area contributed by atoms with Crippen molar-refractivity contribution in [1.29, 1.82) is 0 Å². The number of sulfonamides is 1. The number of nitrogens with zero attached hydrogens (tertiary/aromatic N) is 1. The van der Waals surface area contributed by atoms with Gasteiger partial charge in [0.1, 0.15) is 0 Å². The van der Waals surface area contributed by atoms with Crippen LogP contribution in [0.4, 0.5) is 5.13 Å². The maximum atomic E-state index is 12.1. The van der Waals surface area contributed by atoms with E-state index in [-0.39, 0.29) is 21.9 Å². The molecule has 0 aliphatic carbocycles. The summed E-state index contributed by atoms with van der Waals surface area (Å²) in [6, 6.07) is 17.9. The lowest BCUT2D eigenvalue weighted by Crippen LogP contribution is -2.29. The molecule has 1 heterocycles. The van der Waals surface area contributed by atoms with Gasteiger partial charge in [-0.3, -0.25) is 5.43 Å². The number of halogens is 1. The van der Waals surface area contributed by atoms with Crippen LogP contribution in [0.5, 0.6) is 0 Å². The molecule has 0 saturated carbocycles. The van der Waals surface area contributed by atoms with Gasteiger partial charge in [0.05, 0.1) is 10.6 Å². The van der Waals surface area contributed by atoms with Gasteiger partial charge in [-0.25, -0.2) is 13.4 Å². The molecule has 5 nitrogen and oxygen atoms in total. The summed E-state index contributed by atoms with van der Waals surface area (Å²) in [7, 11) is -3.61. The Kier molecular flexibility index (Phi) is 5.89. The van der Waals surface area contributed by atoms with Gasteiger partial charge in [-0.15, -0.1) is 33.1 Å². The quantitative estimate of drug-likeness (QED) is 0.627. The van der Waals surface area contributed by atoms with Crippen LogP contribution in [0.15, 0.2) is 70.9 Å². The van der Waals surface area contributed by atoms with E-state index in [0.29, 0.717) is 5.13 Å². The lowest BCUT2D eigenvalue weighted by atomic mass is 10.2. The zero-order chi connectivity index (χ0) is 15.4. The topological polar surface area (TPSA) is 71.1 Å².